The van der Waals surface area contributed by atoms with Crippen molar-refractivity contribution in [3.05, 3.63) is 271 Å². The molecule has 4 heteroatoms. The minimum absolute atomic E-state index is 0.0377. The van der Waals surface area contributed by atoms with Gasteiger partial charge in [0.05, 0.1) is 22.4 Å². The molecule has 0 aliphatic heterocycles. The average Bonchev–Trinajstić information content (AvgIpc) is 1.39. The molecular weight excluding hydrogens is 1040 g/mol. The fourth-order valence-electron chi connectivity index (χ4n) is 18.3. The maximum absolute atomic E-state index is 3.83. The van der Waals surface area contributed by atoms with E-state index in [9.17, 15) is 0 Å². The third kappa shape index (κ3) is 6.70. The Morgan fingerprint density at radius 3 is 1.86 bits per heavy atom. The van der Waals surface area contributed by atoms with Crippen molar-refractivity contribution in [1.29, 1.82) is 0 Å². The van der Waals surface area contributed by atoms with Crippen molar-refractivity contribution in [2.24, 2.45) is 23.7 Å². The quantitative estimate of drug-likeness (QED) is 0.154. The van der Waals surface area contributed by atoms with Gasteiger partial charge in [0.2, 0.25) is 0 Å². The molecule has 86 heavy (non-hydrogen) atoms. The molecule has 1 spiro atoms. The van der Waals surface area contributed by atoms with Crippen molar-refractivity contribution in [1.82, 2.24) is 9.55 Å². The zero-order valence-corrected chi connectivity index (χ0v) is 48.4. The molecule has 15 aromatic rings. The first-order valence-electron chi connectivity index (χ1n) is 31.2. The number of aromatic amines is 1. The number of anilines is 6. The standard InChI is InChI=1S/C82H62N4/c1-49-17-9-15-27-74(49)86(59-31-34-62-61-22-10-13-25-70(61)82(71(62)46-59)55-41-51-40-52(43-55)44-56(82)42-51)77-38-36-67-68(53-29-33-64-63-23-11-14-26-72(63)83-73(64)45-53)48-69-76(37-30-54-39-50(2)79(77)81(67)80(54)69)84(57-18-5-3-6-19-57)60-32-35-66-65-24-12-16-28-75(65)85(78(66)47-60)58-20-7-4-8-21-58/h3-39,45-48,51-52,55-56,83H,40-44H2,1-2H3. The number of nitrogens with zero attached hydrogens (tertiary/aromatic N) is 3. The van der Waals surface area contributed by atoms with Crippen LogP contribution in [0.15, 0.2) is 249 Å². The van der Waals surface area contributed by atoms with Gasteiger partial charge in [0, 0.05) is 82.6 Å². The molecule has 0 unspecified atom stereocenters. The van der Waals surface area contributed by atoms with E-state index in [0.29, 0.717) is 11.8 Å². The molecule has 410 valence electrons. The minimum atomic E-state index is 0.0377. The Balaban J connectivity index is 0.891. The number of rotatable bonds is 8. The predicted molar refractivity (Wildman–Crippen MR) is 361 cm³/mol. The minimum Gasteiger partial charge on any atom is -0.354 e. The van der Waals surface area contributed by atoms with Gasteiger partial charge in [-0.05, 0) is 221 Å². The number of hydrogen-bond acceptors (Lipinski definition) is 2. The second-order valence-corrected chi connectivity index (χ2v) is 25.8. The first-order valence-corrected chi connectivity index (χ1v) is 31.2. The Kier molecular flexibility index (Phi) is 10.2. The molecule has 4 saturated carbocycles. The fourth-order valence-corrected chi connectivity index (χ4v) is 18.3. The lowest BCUT2D eigenvalue weighted by molar-refractivity contribution is -0.0399. The summed E-state index contributed by atoms with van der Waals surface area (Å²) in [7, 11) is 0. The highest BCUT2D eigenvalue weighted by Crippen LogP contribution is 2.70. The molecule has 4 fully saturated rings. The molecule has 5 aliphatic carbocycles. The van der Waals surface area contributed by atoms with Crippen LogP contribution in [-0.2, 0) is 5.41 Å². The molecule has 4 nitrogen and oxygen atoms in total. The van der Waals surface area contributed by atoms with Crippen LogP contribution in [0.5, 0.6) is 0 Å². The molecule has 0 saturated heterocycles. The SMILES string of the molecule is Cc1ccccc1N(c1ccc2c(c1)C1(c3ccccc3-2)C2CC3CC(C2)CC1C3)c1ccc2c(-c3ccc4c(c3)[nH]c3ccccc34)cc3c(N(c4ccccc4)c4ccc5c6ccccc6n(-c6ccccc6)c5c4)ccc4cc(C)c1c2c43. The largest absolute Gasteiger partial charge is 0.354 e. The second-order valence-electron chi connectivity index (χ2n) is 25.8. The van der Waals surface area contributed by atoms with Gasteiger partial charge in [-0.1, -0.05) is 158 Å². The molecule has 13 aromatic carbocycles. The summed E-state index contributed by atoms with van der Waals surface area (Å²) in [6, 6.07) is 94.6. The van der Waals surface area contributed by atoms with Crippen LogP contribution in [0.2, 0.25) is 0 Å². The van der Waals surface area contributed by atoms with Crippen LogP contribution >= 0.6 is 0 Å². The monoisotopic (exact) mass is 1100 g/mol. The van der Waals surface area contributed by atoms with Crippen LogP contribution < -0.4 is 9.80 Å². The van der Waals surface area contributed by atoms with E-state index in [1.54, 1.807) is 11.1 Å². The Labute approximate surface area is 500 Å². The van der Waals surface area contributed by atoms with E-state index in [1.807, 2.05) is 0 Å². The van der Waals surface area contributed by atoms with E-state index in [1.165, 1.54) is 147 Å². The van der Waals surface area contributed by atoms with Gasteiger partial charge >= 0.3 is 0 Å². The highest BCUT2D eigenvalue weighted by Gasteiger charge is 2.61. The second kappa shape index (κ2) is 18.1. The molecule has 5 aliphatic rings. The molecule has 4 bridgehead atoms. The predicted octanol–water partition coefficient (Wildman–Crippen LogP) is 22.3. The highest BCUT2D eigenvalue weighted by molar-refractivity contribution is 6.32. The van der Waals surface area contributed by atoms with Gasteiger partial charge in [-0.15, -0.1) is 0 Å². The van der Waals surface area contributed by atoms with Crippen LogP contribution in [0.3, 0.4) is 0 Å². The number of fused-ring (bicyclic) bond motifs is 9. The highest BCUT2D eigenvalue weighted by atomic mass is 15.2. The van der Waals surface area contributed by atoms with Crippen molar-refractivity contribution in [3.63, 3.8) is 0 Å². The van der Waals surface area contributed by atoms with Crippen molar-refractivity contribution >= 4 is 110 Å². The van der Waals surface area contributed by atoms with Crippen molar-refractivity contribution < 1.29 is 0 Å². The van der Waals surface area contributed by atoms with Gasteiger partial charge in [-0.25, -0.2) is 0 Å². The van der Waals surface area contributed by atoms with Gasteiger partial charge in [0.15, 0.2) is 0 Å². The summed E-state index contributed by atoms with van der Waals surface area (Å²) >= 11 is 0. The summed E-state index contributed by atoms with van der Waals surface area (Å²) in [6.07, 6.45) is 6.86. The molecule has 2 heterocycles. The molecule has 1 N–H and O–H groups in total. The summed E-state index contributed by atoms with van der Waals surface area (Å²) in [5.74, 6) is 3.08. The summed E-state index contributed by atoms with van der Waals surface area (Å²) in [5.41, 5.74) is 23.8. The van der Waals surface area contributed by atoms with Crippen LogP contribution in [0, 0.1) is 37.5 Å². The van der Waals surface area contributed by atoms with Crippen LogP contribution in [-0.4, -0.2) is 9.55 Å². The first-order chi connectivity index (χ1) is 42.4. The molecular formula is C82H62N4. The van der Waals surface area contributed by atoms with Crippen LogP contribution in [0.25, 0.3) is 104 Å². The van der Waals surface area contributed by atoms with Crippen molar-refractivity contribution in [2.75, 3.05) is 9.80 Å². The average molecular weight is 1100 g/mol. The van der Waals surface area contributed by atoms with E-state index in [2.05, 4.69) is 282 Å². The Hall–Kier alpha value is -9.90. The number of benzene rings is 13. The Morgan fingerprint density at radius 2 is 1.02 bits per heavy atom. The topological polar surface area (TPSA) is 27.2 Å². The lowest BCUT2D eigenvalue weighted by atomic mass is 9.43. The van der Waals surface area contributed by atoms with Crippen LogP contribution in [0.1, 0.15) is 54.4 Å². The number of para-hydroxylation sites is 5. The summed E-state index contributed by atoms with van der Waals surface area (Å²) in [6.45, 7) is 4.66. The smallest absolute Gasteiger partial charge is 0.0561 e. The number of H-pyrrole nitrogens is 1. The van der Waals surface area contributed by atoms with Gasteiger partial charge in [0.1, 0.15) is 0 Å². The summed E-state index contributed by atoms with van der Waals surface area (Å²) in [5, 5.41) is 12.5. The third-order valence-electron chi connectivity index (χ3n) is 21.4. The zero-order valence-electron chi connectivity index (χ0n) is 48.4. The van der Waals surface area contributed by atoms with Gasteiger partial charge in [-0.2, -0.15) is 0 Å². The number of aromatic nitrogens is 2. The molecule has 0 atom stereocenters. The molecule has 20 rings (SSSR count). The van der Waals surface area contributed by atoms with Crippen molar-refractivity contribution in [2.45, 2.75) is 51.4 Å². The molecule has 2 aromatic heterocycles. The third-order valence-corrected chi connectivity index (χ3v) is 21.4. The Bertz CT molecular complexity index is 5270. The van der Waals surface area contributed by atoms with Gasteiger partial charge in [0.25, 0.3) is 0 Å². The maximum atomic E-state index is 3.83. The Morgan fingerprint density at radius 1 is 0.372 bits per heavy atom. The van der Waals surface area contributed by atoms with E-state index in [0.717, 1.165) is 45.6 Å². The number of aryl methyl sites for hydroxylation is 2. The van der Waals surface area contributed by atoms with E-state index in [-0.39, 0.29) is 5.41 Å². The number of hydrogen-bond donors (Lipinski definition) is 1. The normalized spacial score (nSPS) is 19.3. The fraction of sp³-hybridized carbons (Fsp3) is 0.146. The molecule has 0 radical (unpaired) electrons. The number of nitrogens with one attached hydrogen (secondary N) is 1. The summed E-state index contributed by atoms with van der Waals surface area (Å²) < 4.78 is 2.44. The van der Waals surface area contributed by atoms with Crippen LogP contribution in [0.4, 0.5) is 34.1 Å². The maximum Gasteiger partial charge on any atom is 0.0561 e. The van der Waals surface area contributed by atoms with E-state index in [4.69, 9.17) is 0 Å². The summed E-state index contributed by atoms with van der Waals surface area (Å²) in [4.78, 5) is 8.99. The first kappa shape index (κ1) is 48.5. The lowest BCUT2D eigenvalue weighted by Crippen LogP contribution is -2.55. The zero-order chi connectivity index (χ0) is 56.5. The lowest BCUT2D eigenvalue weighted by Gasteiger charge is -2.61. The van der Waals surface area contributed by atoms with E-state index < -0.39 is 0 Å². The van der Waals surface area contributed by atoms with Crippen molar-refractivity contribution in [3.8, 4) is 27.9 Å². The molecule has 0 amide bonds. The van der Waals surface area contributed by atoms with Gasteiger partial charge in [-0.3, -0.25) is 0 Å². The van der Waals surface area contributed by atoms with E-state index >= 15 is 0 Å². The van der Waals surface area contributed by atoms with Gasteiger partial charge < -0.3 is 19.4 Å².